The molecule has 0 aliphatic heterocycles. The molecule has 0 aromatic rings. The molecule has 4 unspecified atom stereocenters. The Morgan fingerprint density at radius 3 is 0.916 bits per heavy atom. The Morgan fingerprint density at radius 1 is 0.373 bits per heavy atom. The Morgan fingerprint density at radius 2 is 0.651 bits per heavy atom. The third kappa shape index (κ3) is 49.3. The third-order valence-corrected chi connectivity index (χ3v) is 11.4. The van der Waals surface area contributed by atoms with Gasteiger partial charge in [0.1, 0.15) is 32.2 Å². The summed E-state index contributed by atoms with van der Waals surface area (Å²) in [5.74, 6) is -6.87. The number of rotatable bonds is 44. The molecule has 31 heteroatoms. The Hall–Kier alpha value is -7.09. The highest BCUT2D eigenvalue weighted by atomic mass is 16.2. The second kappa shape index (κ2) is 53.0. The smallest absolute Gasteiger partial charge is 0.242 e. The predicted octanol–water partition coefficient (Wildman–Crippen LogP) is -0.389. The number of nitrogens with zero attached hydrogens (tertiary/aromatic N) is 2. The zero-order chi connectivity index (χ0) is 60.3. The van der Waals surface area contributed by atoms with E-state index in [9.17, 15) is 62.3 Å². The normalized spacial score (nSPS) is 11.9. The maximum Gasteiger partial charge on any atom is 0.242 e. The van der Waals surface area contributed by atoms with Gasteiger partial charge in [0, 0.05) is 72.5 Å². The lowest BCUT2D eigenvalue weighted by Crippen LogP contribution is -2.48. The second-order valence-corrected chi connectivity index (χ2v) is 18.5. The van der Waals surface area contributed by atoms with Crippen molar-refractivity contribution < 1.29 is 62.3 Å². The minimum atomic E-state index is -1.03. The van der Waals surface area contributed by atoms with Crippen molar-refractivity contribution in [2.24, 2.45) is 28.7 Å². The molecule has 0 rings (SSSR count). The maximum absolute atomic E-state index is 13.1. The Bertz CT molecular complexity index is 1860. The van der Waals surface area contributed by atoms with Crippen molar-refractivity contribution in [1.82, 2.24) is 47.0 Å². The van der Waals surface area contributed by atoms with Gasteiger partial charge in [0.2, 0.25) is 53.2 Å². The molecule has 13 amide bonds. The molecule has 0 bridgehead atoms. The van der Waals surface area contributed by atoms with E-state index < -0.39 is 114 Å². The summed E-state index contributed by atoms with van der Waals surface area (Å²) in [7, 11) is 0. The SMILES string of the molecule is C.C.C.C.CC(=O)NCCCC[C@H](NC(C)=O)C(=O)NCCC(=O)N(CC(=O)NCCCCC([NH-])C(N)=O)CC(=O)NCCCCC([NH-])C(N)=O.[NH-]C(CCCCNC(=O)CN(CC(=O)NCCCCC([NH-])C(N)=O)C(=O)CCN)C(N)=O. The number of hydrogen-bond acceptors (Lipinski definition) is 14. The lowest BCUT2D eigenvalue weighted by Gasteiger charge is -2.23. The molecule has 0 heterocycles. The first-order valence-electron chi connectivity index (χ1n) is 26.3. The van der Waals surface area contributed by atoms with Crippen molar-refractivity contribution in [2.45, 2.75) is 183 Å². The monoisotopic (exact) mass is 1190 g/mol. The number of primary amides is 4. The maximum atomic E-state index is 13.1. The molecular weight excluding hydrogens is 1080 g/mol. The van der Waals surface area contributed by atoms with E-state index in [2.05, 4.69) is 37.2 Å². The molecule has 83 heavy (non-hydrogen) atoms. The number of hydrogen-bond donors (Lipinski definition) is 12. The number of nitrogens with two attached hydrogens (primary N) is 5. The van der Waals surface area contributed by atoms with Crippen LogP contribution in [0.1, 0.15) is 153 Å². The van der Waals surface area contributed by atoms with Gasteiger partial charge in [0.05, 0.1) is 0 Å². The van der Waals surface area contributed by atoms with Crippen LogP contribution < -0.4 is 65.9 Å². The standard InChI is InChI=1S/C29H52N10O8.C19H36N8O5.4CH4/c1-19(40)34-13-8-5-11-23(38-20(2)41)29(47)37-16-12-26(44)39(17-24(42)35-14-6-3-9-21(30)27(32)45)18-25(43)36-15-7-4-10-22(31)28(33)46;20-8-7-17(30)27(11-15(28)25-9-3-1-5-13(21)18(23)31)12-16(29)26-10-4-2-6-14(22)19(24)32;;;;/h21-23,30-31H,3-18H2,1-2H3,(H2,32,45)(H2,33,46)(H,34,40)(H,35,42)(H,36,43)(H,37,47)(H,38,41);13-14,21-22H,1-12,20H2,(H2,23,31)(H2,24,32)(H,25,28)(H,26,29);4*1H4/q2*-2;;;;/t21?,22?,23-;;;;;/m0...../s1. The van der Waals surface area contributed by atoms with E-state index in [-0.39, 0.29) is 101 Å². The molecule has 0 spiro atoms. The van der Waals surface area contributed by atoms with Gasteiger partial charge < -0.3 is 98.6 Å². The number of carbonyl (C=O) groups is 13. The van der Waals surface area contributed by atoms with Gasteiger partial charge in [-0.3, -0.25) is 62.3 Å². The summed E-state index contributed by atoms with van der Waals surface area (Å²) in [6.45, 7) is 2.62. The fraction of sp³-hybridized carbons (Fsp3) is 0.750. The Balaban J connectivity index is -0.000000363. The van der Waals surface area contributed by atoms with Gasteiger partial charge in [-0.1, -0.05) is 105 Å². The van der Waals surface area contributed by atoms with Gasteiger partial charge in [-0.05, 0) is 44.9 Å². The summed E-state index contributed by atoms with van der Waals surface area (Å²) in [6, 6.07) is -4.85. The van der Waals surface area contributed by atoms with E-state index in [1.54, 1.807) is 0 Å². The molecule has 0 aliphatic rings. The van der Waals surface area contributed by atoms with Gasteiger partial charge in [0.15, 0.2) is 23.6 Å². The van der Waals surface area contributed by atoms with Gasteiger partial charge in [-0.15, -0.1) is 0 Å². The van der Waals surface area contributed by atoms with Crippen molar-refractivity contribution in [3.63, 3.8) is 0 Å². The number of nitrogens with one attached hydrogen (secondary N) is 11. The zero-order valence-corrected chi connectivity index (χ0v) is 45.8. The Kier molecular flexibility index (Phi) is 55.6. The van der Waals surface area contributed by atoms with Crippen LogP contribution in [0.2, 0.25) is 0 Å². The first kappa shape index (κ1) is 87.2. The summed E-state index contributed by atoms with van der Waals surface area (Å²) < 4.78 is 0. The summed E-state index contributed by atoms with van der Waals surface area (Å²) >= 11 is 0. The molecule has 484 valence electrons. The topological polar surface area (TPSA) is 538 Å². The highest BCUT2D eigenvalue weighted by Crippen LogP contribution is 2.07. The third-order valence-electron chi connectivity index (χ3n) is 11.4. The first-order chi connectivity index (χ1) is 37.2. The van der Waals surface area contributed by atoms with Crippen LogP contribution in [0.3, 0.4) is 0 Å². The molecule has 21 N–H and O–H groups in total. The van der Waals surface area contributed by atoms with E-state index in [4.69, 9.17) is 51.6 Å². The van der Waals surface area contributed by atoms with Gasteiger partial charge in [-0.2, -0.15) is 0 Å². The van der Waals surface area contributed by atoms with Crippen LogP contribution in [-0.4, -0.2) is 189 Å². The second-order valence-electron chi connectivity index (χ2n) is 18.5. The van der Waals surface area contributed by atoms with Crippen molar-refractivity contribution >= 4 is 76.8 Å². The van der Waals surface area contributed by atoms with Crippen molar-refractivity contribution in [3.05, 3.63) is 22.9 Å². The fourth-order valence-electron chi connectivity index (χ4n) is 6.86. The highest BCUT2D eigenvalue weighted by Gasteiger charge is 2.23. The molecular formula is C52H104N18O13-4. The van der Waals surface area contributed by atoms with Crippen LogP contribution >= 0.6 is 0 Å². The average molecular weight is 1190 g/mol. The first-order valence-corrected chi connectivity index (χ1v) is 26.3. The predicted molar refractivity (Wildman–Crippen MR) is 318 cm³/mol. The molecule has 0 saturated carbocycles. The molecule has 0 aromatic heterocycles. The molecule has 0 fully saturated rings. The largest absolute Gasteiger partial charge is 0.667 e. The van der Waals surface area contributed by atoms with Crippen LogP contribution in [-0.2, 0) is 62.3 Å². The van der Waals surface area contributed by atoms with Crippen LogP contribution in [0.15, 0.2) is 0 Å². The number of amides is 13. The van der Waals surface area contributed by atoms with Crippen LogP contribution in [0, 0.1) is 0 Å². The van der Waals surface area contributed by atoms with E-state index in [0.29, 0.717) is 103 Å². The van der Waals surface area contributed by atoms with Gasteiger partial charge >= 0.3 is 0 Å². The highest BCUT2D eigenvalue weighted by molar-refractivity contribution is 5.91. The van der Waals surface area contributed by atoms with E-state index in [0.717, 1.165) is 9.80 Å². The quantitative estimate of drug-likeness (QED) is 0.0346. The van der Waals surface area contributed by atoms with Gasteiger partial charge in [-0.25, -0.2) is 0 Å². The van der Waals surface area contributed by atoms with Crippen molar-refractivity contribution in [1.29, 1.82) is 0 Å². The summed E-state index contributed by atoms with van der Waals surface area (Å²) in [6.07, 6.45) is 6.32. The molecule has 0 saturated heterocycles. The Labute approximate surface area is 491 Å². The molecule has 0 aromatic carbocycles. The number of unbranched alkanes of at least 4 members (excludes halogenated alkanes) is 5. The van der Waals surface area contributed by atoms with Crippen molar-refractivity contribution in [2.75, 3.05) is 72.0 Å². The van der Waals surface area contributed by atoms with E-state index in [1.165, 1.54) is 13.8 Å². The summed E-state index contributed by atoms with van der Waals surface area (Å²) in [5.41, 5.74) is 55.5. The van der Waals surface area contributed by atoms with Crippen molar-refractivity contribution in [3.8, 4) is 0 Å². The minimum absolute atomic E-state index is 0. The van der Waals surface area contributed by atoms with Crippen LogP contribution in [0.5, 0.6) is 0 Å². The van der Waals surface area contributed by atoms with Crippen LogP contribution in [0.4, 0.5) is 0 Å². The molecule has 0 radical (unpaired) electrons. The van der Waals surface area contributed by atoms with Crippen LogP contribution in [0.25, 0.3) is 22.9 Å². The zero-order valence-electron chi connectivity index (χ0n) is 45.8. The summed E-state index contributed by atoms with van der Waals surface area (Å²) in [4.78, 5) is 156. The lowest BCUT2D eigenvalue weighted by molar-refractivity contribution is -0.139. The molecule has 31 nitrogen and oxygen atoms in total. The molecule has 0 aliphatic carbocycles. The summed E-state index contributed by atoms with van der Waals surface area (Å²) in [5, 5.41) is 18.4. The molecule has 5 atom stereocenters. The average Bonchev–Trinajstić information content (AvgIpc) is 3.36. The lowest BCUT2D eigenvalue weighted by atomic mass is 10.1. The van der Waals surface area contributed by atoms with E-state index in [1.807, 2.05) is 0 Å². The minimum Gasteiger partial charge on any atom is -0.667 e. The van der Waals surface area contributed by atoms with E-state index >= 15 is 0 Å². The number of carbonyl (C=O) groups excluding carboxylic acids is 13. The van der Waals surface area contributed by atoms with Gasteiger partial charge in [0.25, 0.3) is 0 Å². The fourth-order valence-corrected chi connectivity index (χ4v) is 6.86.